The van der Waals surface area contributed by atoms with Crippen molar-refractivity contribution in [3.05, 3.63) is 0 Å². The summed E-state index contributed by atoms with van der Waals surface area (Å²) in [5.74, 6) is -0.408. The summed E-state index contributed by atoms with van der Waals surface area (Å²) in [4.78, 5) is 22.3. The predicted octanol–water partition coefficient (Wildman–Crippen LogP) is 1.92. The van der Waals surface area contributed by atoms with Crippen molar-refractivity contribution in [2.24, 2.45) is 0 Å². The molecule has 11 heteroatoms. The standard InChI is InChI=1S/C16H29Br3N2O6/c1-15(2,3)27-7-6-24-4-5-25-10-13(21-12-22)8-20-9-14(23)26-11-16(17,18)19/h12-13,20H,4-11H2,1-3H3,(H,21,22). The molecule has 0 aliphatic rings. The molecule has 0 saturated carbocycles. The van der Waals surface area contributed by atoms with Crippen LogP contribution in [0.1, 0.15) is 20.8 Å². The third kappa shape index (κ3) is 20.8. The Hall–Kier alpha value is 0.220. The minimum absolute atomic E-state index is 0.0248. The maximum Gasteiger partial charge on any atom is 0.320 e. The van der Waals surface area contributed by atoms with Crippen LogP contribution in [0.15, 0.2) is 0 Å². The first-order valence-corrected chi connectivity index (χ1v) is 10.8. The highest BCUT2D eigenvalue weighted by molar-refractivity contribution is 9.39. The summed E-state index contributed by atoms with van der Waals surface area (Å²) >= 11 is 9.71. The molecule has 0 aliphatic heterocycles. The van der Waals surface area contributed by atoms with Gasteiger partial charge in [-0.05, 0) is 20.8 Å². The van der Waals surface area contributed by atoms with Gasteiger partial charge in [0, 0.05) is 6.54 Å². The number of halogens is 3. The number of alkyl halides is 3. The highest BCUT2D eigenvalue weighted by atomic mass is 80.0. The number of carbonyl (C=O) groups is 2. The molecule has 1 unspecified atom stereocenters. The summed E-state index contributed by atoms with van der Waals surface area (Å²) in [5, 5.41) is 5.56. The molecule has 1 amide bonds. The van der Waals surface area contributed by atoms with Gasteiger partial charge >= 0.3 is 5.97 Å². The van der Waals surface area contributed by atoms with E-state index in [1.165, 1.54) is 0 Å². The van der Waals surface area contributed by atoms with Gasteiger partial charge in [0.25, 0.3) is 0 Å². The molecule has 0 heterocycles. The normalized spacial score (nSPS) is 13.3. The summed E-state index contributed by atoms with van der Waals surface area (Å²) in [6, 6.07) is -0.262. The van der Waals surface area contributed by atoms with E-state index in [0.717, 1.165) is 0 Å². The third-order valence-corrected chi connectivity index (χ3v) is 3.50. The van der Waals surface area contributed by atoms with E-state index in [9.17, 15) is 9.59 Å². The lowest BCUT2D eigenvalue weighted by Crippen LogP contribution is -2.43. The third-order valence-electron chi connectivity index (χ3n) is 2.81. The molecule has 160 valence electrons. The molecule has 0 aliphatic carbocycles. The molecule has 0 rings (SSSR count). The number of hydrogen-bond acceptors (Lipinski definition) is 7. The Bertz CT molecular complexity index is 416. The van der Waals surface area contributed by atoms with E-state index in [1.54, 1.807) is 0 Å². The van der Waals surface area contributed by atoms with E-state index in [0.29, 0.717) is 46.0 Å². The molecule has 0 spiro atoms. The SMILES string of the molecule is CC(C)(C)OCCOCCOCC(CNCC(=O)OCC(Br)(Br)Br)NC=O. The molecule has 0 aromatic carbocycles. The van der Waals surface area contributed by atoms with Crippen molar-refractivity contribution in [2.75, 3.05) is 52.7 Å². The fourth-order valence-corrected chi connectivity index (χ4v) is 2.02. The van der Waals surface area contributed by atoms with Crippen LogP contribution >= 0.6 is 47.8 Å². The molecule has 0 aromatic heterocycles. The van der Waals surface area contributed by atoms with E-state index in [1.807, 2.05) is 20.8 Å². The van der Waals surface area contributed by atoms with Crippen molar-refractivity contribution in [1.29, 1.82) is 0 Å². The molecule has 27 heavy (non-hydrogen) atoms. The lowest BCUT2D eigenvalue weighted by atomic mass is 10.2. The fourth-order valence-electron chi connectivity index (χ4n) is 1.68. The Labute approximate surface area is 186 Å². The summed E-state index contributed by atoms with van der Waals surface area (Å²) in [6.07, 6.45) is 0.600. The molecule has 2 N–H and O–H groups in total. The topological polar surface area (TPSA) is 95.1 Å². The van der Waals surface area contributed by atoms with Crippen LogP contribution in [0.5, 0.6) is 0 Å². The summed E-state index contributed by atoms with van der Waals surface area (Å²) in [6.45, 7) is 8.65. The van der Waals surface area contributed by atoms with Crippen molar-refractivity contribution >= 4 is 60.2 Å². The Kier molecular flexibility index (Phi) is 15.2. The van der Waals surface area contributed by atoms with Gasteiger partial charge in [-0.3, -0.25) is 9.59 Å². The van der Waals surface area contributed by atoms with Crippen LogP contribution in [-0.4, -0.2) is 78.9 Å². The molecule has 0 fully saturated rings. The van der Waals surface area contributed by atoms with Gasteiger partial charge in [-0.2, -0.15) is 0 Å². The van der Waals surface area contributed by atoms with Crippen LogP contribution in [0.3, 0.4) is 0 Å². The minimum atomic E-state index is -0.626. The molecular formula is C16H29Br3N2O6. The molecule has 0 radical (unpaired) electrons. The monoisotopic (exact) mass is 582 g/mol. The van der Waals surface area contributed by atoms with Crippen LogP contribution in [0.25, 0.3) is 0 Å². The molecule has 0 aromatic rings. The number of rotatable bonds is 15. The van der Waals surface area contributed by atoms with Gasteiger partial charge in [-0.25, -0.2) is 0 Å². The average Bonchev–Trinajstić information content (AvgIpc) is 2.53. The largest absolute Gasteiger partial charge is 0.461 e. The molecule has 0 saturated heterocycles. The van der Waals surface area contributed by atoms with E-state index in [2.05, 4.69) is 58.4 Å². The van der Waals surface area contributed by atoms with Gasteiger partial charge in [0.1, 0.15) is 6.61 Å². The molecule has 8 nitrogen and oxygen atoms in total. The Morgan fingerprint density at radius 1 is 1.07 bits per heavy atom. The maximum atomic E-state index is 11.6. The zero-order valence-corrected chi connectivity index (χ0v) is 20.7. The van der Waals surface area contributed by atoms with Gasteiger partial charge in [0.05, 0.1) is 51.2 Å². The van der Waals surface area contributed by atoms with Gasteiger partial charge in [-0.1, -0.05) is 47.8 Å². The summed E-state index contributed by atoms with van der Waals surface area (Å²) in [5.41, 5.74) is -0.174. The van der Waals surface area contributed by atoms with Crippen molar-refractivity contribution < 1.29 is 28.5 Å². The number of nitrogens with one attached hydrogen (secondary N) is 2. The van der Waals surface area contributed by atoms with E-state index in [4.69, 9.17) is 18.9 Å². The first-order chi connectivity index (χ1) is 12.5. The van der Waals surface area contributed by atoms with Crippen LogP contribution in [0, 0.1) is 0 Å². The van der Waals surface area contributed by atoms with E-state index >= 15 is 0 Å². The quantitative estimate of drug-likeness (QED) is 0.131. The second kappa shape index (κ2) is 15.1. The Morgan fingerprint density at radius 3 is 2.30 bits per heavy atom. The average molecular weight is 585 g/mol. The number of ether oxygens (including phenoxy) is 4. The van der Waals surface area contributed by atoms with Gasteiger partial charge < -0.3 is 29.6 Å². The van der Waals surface area contributed by atoms with E-state index in [-0.39, 0.29) is 24.8 Å². The van der Waals surface area contributed by atoms with Crippen LogP contribution < -0.4 is 10.6 Å². The highest BCUT2D eigenvalue weighted by Gasteiger charge is 2.20. The van der Waals surface area contributed by atoms with Crippen molar-refractivity contribution in [3.63, 3.8) is 0 Å². The maximum absolute atomic E-state index is 11.6. The highest BCUT2D eigenvalue weighted by Crippen LogP contribution is 2.33. The Balaban J connectivity index is 3.76. The lowest BCUT2D eigenvalue weighted by Gasteiger charge is -2.19. The number of hydrogen-bond donors (Lipinski definition) is 2. The first-order valence-electron chi connectivity index (χ1n) is 8.46. The first kappa shape index (κ1) is 27.2. The van der Waals surface area contributed by atoms with Gasteiger partial charge in [0.2, 0.25) is 6.41 Å². The molecular weight excluding hydrogens is 556 g/mol. The van der Waals surface area contributed by atoms with Crippen LogP contribution in [0.2, 0.25) is 0 Å². The van der Waals surface area contributed by atoms with E-state index < -0.39 is 8.11 Å². The van der Waals surface area contributed by atoms with Crippen LogP contribution in [-0.2, 0) is 28.5 Å². The zero-order chi connectivity index (χ0) is 20.8. The lowest BCUT2D eigenvalue weighted by molar-refractivity contribution is -0.142. The second-order valence-corrected chi connectivity index (χ2v) is 13.8. The number of esters is 1. The second-order valence-electron chi connectivity index (χ2n) is 6.54. The van der Waals surface area contributed by atoms with Crippen molar-refractivity contribution in [2.45, 2.75) is 34.6 Å². The number of amides is 1. The minimum Gasteiger partial charge on any atom is -0.461 e. The number of carbonyl (C=O) groups excluding carboxylic acids is 2. The van der Waals surface area contributed by atoms with Crippen LogP contribution in [0.4, 0.5) is 0 Å². The predicted molar refractivity (Wildman–Crippen MR) is 114 cm³/mol. The summed E-state index contributed by atoms with van der Waals surface area (Å²) < 4.78 is 20.8. The van der Waals surface area contributed by atoms with Crippen molar-refractivity contribution in [3.8, 4) is 0 Å². The molecule has 0 bridgehead atoms. The fraction of sp³-hybridized carbons (Fsp3) is 0.875. The van der Waals surface area contributed by atoms with Crippen molar-refractivity contribution in [1.82, 2.24) is 10.6 Å². The zero-order valence-electron chi connectivity index (χ0n) is 15.9. The van der Waals surface area contributed by atoms with Gasteiger partial charge in [0.15, 0.2) is 2.14 Å². The summed E-state index contributed by atoms with van der Waals surface area (Å²) in [7, 11) is 0. The van der Waals surface area contributed by atoms with Gasteiger partial charge in [-0.15, -0.1) is 0 Å². The molecule has 1 atom stereocenters. The smallest absolute Gasteiger partial charge is 0.320 e. The Morgan fingerprint density at radius 2 is 1.70 bits per heavy atom.